The average molecular weight is 272 g/mol. The molecule has 1 aliphatic heterocycles. The first-order chi connectivity index (χ1) is 8.55. The molecule has 1 saturated heterocycles. The molecule has 1 aliphatic rings. The maximum atomic E-state index is 12.3. The summed E-state index contributed by atoms with van der Waals surface area (Å²) in [5, 5.41) is 3.38. The summed E-state index contributed by atoms with van der Waals surface area (Å²) in [6, 6.07) is 0.324. The van der Waals surface area contributed by atoms with Crippen LogP contribution < -0.4 is 5.32 Å². The summed E-state index contributed by atoms with van der Waals surface area (Å²) in [4.78, 5) is 6.46. The number of piperidine rings is 1. The van der Waals surface area contributed by atoms with E-state index in [1.807, 2.05) is 7.05 Å². The standard InChI is InChI=1S/C11H20N4O2S/c1-9(12-2)10-4-3-5-15(7-10)18(16,17)11-6-13-8-14-11/h6,8-10,12H,3-5,7H2,1-2H3,(H,13,14). The number of nitrogens with one attached hydrogen (secondary N) is 2. The van der Waals surface area contributed by atoms with Gasteiger partial charge in [0.1, 0.15) is 0 Å². The molecule has 2 heterocycles. The van der Waals surface area contributed by atoms with E-state index in [1.165, 1.54) is 12.5 Å². The maximum Gasteiger partial charge on any atom is 0.260 e. The van der Waals surface area contributed by atoms with Crippen molar-refractivity contribution in [3.8, 4) is 0 Å². The molecule has 0 radical (unpaired) electrons. The Morgan fingerprint density at radius 1 is 1.61 bits per heavy atom. The second kappa shape index (κ2) is 5.38. The molecule has 1 aromatic rings. The van der Waals surface area contributed by atoms with Crippen LogP contribution >= 0.6 is 0 Å². The Hall–Kier alpha value is -0.920. The molecule has 6 nitrogen and oxygen atoms in total. The molecular weight excluding hydrogens is 252 g/mol. The van der Waals surface area contributed by atoms with Gasteiger partial charge in [0, 0.05) is 19.1 Å². The van der Waals surface area contributed by atoms with Gasteiger partial charge in [-0.1, -0.05) is 0 Å². The zero-order chi connectivity index (χ0) is 13.2. The number of aromatic amines is 1. The molecule has 18 heavy (non-hydrogen) atoms. The van der Waals surface area contributed by atoms with E-state index in [9.17, 15) is 8.42 Å². The van der Waals surface area contributed by atoms with Crippen molar-refractivity contribution in [1.29, 1.82) is 0 Å². The first-order valence-corrected chi connectivity index (χ1v) is 7.65. The lowest BCUT2D eigenvalue weighted by Crippen LogP contribution is -2.45. The van der Waals surface area contributed by atoms with Gasteiger partial charge in [0.25, 0.3) is 10.0 Å². The topological polar surface area (TPSA) is 78.1 Å². The highest BCUT2D eigenvalue weighted by atomic mass is 32.2. The SMILES string of the molecule is CNC(C)C1CCCN(S(=O)(=O)c2cnc[nH]2)C1. The number of hydrogen-bond acceptors (Lipinski definition) is 4. The Labute approximate surface area is 108 Å². The van der Waals surface area contributed by atoms with Crippen LogP contribution in [-0.2, 0) is 10.0 Å². The Kier molecular flexibility index (Phi) is 4.04. The molecule has 0 amide bonds. The Morgan fingerprint density at radius 3 is 3.00 bits per heavy atom. The minimum atomic E-state index is -3.41. The summed E-state index contributed by atoms with van der Waals surface area (Å²) in [6.07, 6.45) is 4.73. The van der Waals surface area contributed by atoms with Crippen LogP contribution in [0.4, 0.5) is 0 Å². The van der Waals surface area contributed by atoms with Gasteiger partial charge in [0.2, 0.25) is 0 Å². The molecular formula is C11H20N4O2S. The molecule has 0 aromatic carbocycles. The molecule has 0 spiro atoms. The summed E-state index contributed by atoms with van der Waals surface area (Å²) in [5.74, 6) is 0.362. The molecule has 7 heteroatoms. The third-order valence-electron chi connectivity index (χ3n) is 3.67. The predicted molar refractivity (Wildman–Crippen MR) is 68.6 cm³/mol. The van der Waals surface area contributed by atoms with E-state index < -0.39 is 10.0 Å². The molecule has 2 N–H and O–H groups in total. The van der Waals surface area contributed by atoms with Gasteiger partial charge < -0.3 is 10.3 Å². The van der Waals surface area contributed by atoms with Crippen molar-refractivity contribution in [2.24, 2.45) is 5.92 Å². The van der Waals surface area contributed by atoms with Crippen LogP contribution in [0.1, 0.15) is 19.8 Å². The molecule has 2 unspecified atom stereocenters. The van der Waals surface area contributed by atoms with E-state index in [2.05, 4.69) is 22.2 Å². The number of sulfonamides is 1. The van der Waals surface area contributed by atoms with Crippen LogP contribution in [-0.4, -0.2) is 48.9 Å². The van der Waals surface area contributed by atoms with Crippen molar-refractivity contribution in [2.45, 2.75) is 30.8 Å². The van der Waals surface area contributed by atoms with Gasteiger partial charge in [0.15, 0.2) is 5.03 Å². The molecule has 2 atom stereocenters. The van der Waals surface area contributed by atoms with Crippen molar-refractivity contribution in [3.63, 3.8) is 0 Å². The second-order valence-corrected chi connectivity index (χ2v) is 6.66. The third kappa shape index (κ3) is 2.57. The van der Waals surface area contributed by atoms with Gasteiger partial charge in [-0.05, 0) is 32.7 Å². The third-order valence-corrected chi connectivity index (χ3v) is 5.46. The summed E-state index contributed by atoms with van der Waals surface area (Å²) >= 11 is 0. The number of rotatable bonds is 4. The van der Waals surface area contributed by atoms with Crippen molar-refractivity contribution in [2.75, 3.05) is 20.1 Å². The first-order valence-electron chi connectivity index (χ1n) is 6.21. The van der Waals surface area contributed by atoms with Crippen molar-refractivity contribution in [1.82, 2.24) is 19.6 Å². The van der Waals surface area contributed by atoms with E-state index in [-0.39, 0.29) is 5.03 Å². The van der Waals surface area contributed by atoms with Crippen molar-refractivity contribution >= 4 is 10.0 Å². The lowest BCUT2D eigenvalue weighted by Gasteiger charge is -2.34. The van der Waals surface area contributed by atoms with Crippen molar-refractivity contribution in [3.05, 3.63) is 12.5 Å². The van der Waals surface area contributed by atoms with Gasteiger partial charge in [-0.25, -0.2) is 13.4 Å². The lowest BCUT2D eigenvalue weighted by atomic mass is 9.93. The van der Waals surface area contributed by atoms with Gasteiger partial charge in [-0.15, -0.1) is 0 Å². The number of H-pyrrole nitrogens is 1. The summed E-state index contributed by atoms with van der Waals surface area (Å²) in [7, 11) is -1.50. The van der Waals surface area contributed by atoms with E-state index in [0.29, 0.717) is 25.0 Å². The van der Waals surface area contributed by atoms with Crippen molar-refractivity contribution < 1.29 is 8.42 Å². The van der Waals surface area contributed by atoms with Crippen LogP contribution in [0.15, 0.2) is 17.6 Å². The summed E-state index contributed by atoms with van der Waals surface area (Å²) in [6.45, 7) is 3.26. The normalized spacial score (nSPS) is 24.0. The number of aromatic nitrogens is 2. The van der Waals surface area contributed by atoms with Gasteiger partial charge in [0.05, 0.1) is 12.5 Å². The first kappa shape index (κ1) is 13.5. The van der Waals surface area contributed by atoms with Crippen LogP contribution in [0, 0.1) is 5.92 Å². The van der Waals surface area contributed by atoms with E-state index >= 15 is 0 Å². The largest absolute Gasteiger partial charge is 0.335 e. The fourth-order valence-electron chi connectivity index (χ4n) is 2.36. The van der Waals surface area contributed by atoms with Gasteiger partial charge in [-0.3, -0.25) is 0 Å². The number of imidazole rings is 1. The Balaban J connectivity index is 2.14. The predicted octanol–water partition coefficient (Wildman–Crippen LogP) is 0.418. The highest BCUT2D eigenvalue weighted by molar-refractivity contribution is 7.89. The minimum Gasteiger partial charge on any atom is -0.335 e. The van der Waals surface area contributed by atoms with Gasteiger partial charge in [-0.2, -0.15) is 4.31 Å². The highest BCUT2D eigenvalue weighted by Crippen LogP contribution is 2.24. The molecule has 0 aliphatic carbocycles. The van der Waals surface area contributed by atoms with E-state index in [4.69, 9.17) is 0 Å². The quantitative estimate of drug-likeness (QED) is 0.832. The monoisotopic (exact) mass is 272 g/mol. The van der Waals surface area contributed by atoms with E-state index in [0.717, 1.165) is 12.8 Å². The lowest BCUT2D eigenvalue weighted by molar-refractivity contribution is 0.228. The Bertz CT molecular complexity index is 471. The Morgan fingerprint density at radius 2 is 2.39 bits per heavy atom. The van der Waals surface area contributed by atoms with Crippen LogP contribution in [0.5, 0.6) is 0 Å². The number of nitrogens with zero attached hydrogens (tertiary/aromatic N) is 2. The fourth-order valence-corrected chi connectivity index (χ4v) is 3.79. The zero-order valence-electron chi connectivity index (χ0n) is 10.8. The molecule has 0 bridgehead atoms. The highest BCUT2D eigenvalue weighted by Gasteiger charge is 2.32. The number of hydrogen-bond donors (Lipinski definition) is 2. The molecule has 102 valence electrons. The maximum absolute atomic E-state index is 12.3. The van der Waals surface area contributed by atoms with Crippen LogP contribution in [0.2, 0.25) is 0 Å². The van der Waals surface area contributed by atoms with Gasteiger partial charge >= 0.3 is 0 Å². The van der Waals surface area contributed by atoms with Crippen LogP contribution in [0.3, 0.4) is 0 Å². The molecule has 0 saturated carbocycles. The smallest absolute Gasteiger partial charge is 0.260 e. The van der Waals surface area contributed by atoms with E-state index in [1.54, 1.807) is 4.31 Å². The molecule has 1 fully saturated rings. The average Bonchev–Trinajstić information content (AvgIpc) is 2.92. The zero-order valence-corrected chi connectivity index (χ0v) is 11.6. The minimum absolute atomic E-state index is 0.181. The molecule has 1 aromatic heterocycles. The fraction of sp³-hybridized carbons (Fsp3) is 0.727. The summed E-state index contributed by atoms with van der Waals surface area (Å²) < 4.78 is 26.2. The second-order valence-electron chi connectivity index (χ2n) is 4.76. The van der Waals surface area contributed by atoms with Crippen LogP contribution in [0.25, 0.3) is 0 Å². The summed E-state index contributed by atoms with van der Waals surface area (Å²) in [5.41, 5.74) is 0. The molecule has 2 rings (SSSR count).